The van der Waals surface area contributed by atoms with Crippen LogP contribution in [0.25, 0.3) is 11.0 Å². The minimum Gasteiger partial charge on any atom is -0.451 e. The summed E-state index contributed by atoms with van der Waals surface area (Å²) in [4.78, 5) is 26.4. The van der Waals surface area contributed by atoms with Crippen molar-refractivity contribution in [3.8, 4) is 0 Å². The van der Waals surface area contributed by atoms with Crippen LogP contribution in [0.15, 0.2) is 59.0 Å². The largest absolute Gasteiger partial charge is 0.451 e. The summed E-state index contributed by atoms with van der Waals surface area (Å²) in [6.45, 7) is 2.47. The van der Waals surface area contributed by atoms with Gasteiger partial charge >= 0.3 is 0 Å². The number of para-hydroxylation sites is 1. The van der Waals surface area contributed by atoms with Crippen LogP contribution in [0.2, 0.25) is 0 Å². The molecule has 1 N–H and O–H groups in total. The van der Waals surface area contributed by atoms with Crippen LogP contribution in [-0.2, 0) is 4.79 Å². The second-order valence-electron chi connectivity index (χ2n) is 6.36. The van der Waals surface area contributed by atoms with E-state index in [9.17, 15) is 9.59 Å². The van der Waals surface area contributed by atoms with Gasteiger partial charge in [0.05, 0.1) is 6.04 Å². The number of hydrogen-bond donors (Lipinski definition) is 1. The summed E-state index contributed by atoms with van der Waals surface area (Å²) in [5.74, 6) is -0.0130. The molecule has 1 aromatic heterocycles. The average molecular weight is 334 g/mol. The van der Waals surface area contributed by atoms with Gasteiger partial charge in [-0.1, -0.05) is 35.9 Å². The molecular formula is C20H18N2O3. The zero-order chi connectivity index (χ0) is 17.4. The van der Waals surface area contributed by atoms with Gasteiger partial charge < -0.3 is 14.6 Å². The first-order valence-electron chi connectivity index (χ1n) is 8.26. The van der Waals surface area contributed by atoms with Crippen molar-refractivity contribution >= 4 is 28.5 Å². The Morgan fingerprint density at radius 1 is 1.16 bits per heavy atom. The van der Waals surface area contributed by atoms with Gasteiger partial charge in [0.15, 0.2) is 5.76 Å². The second kappa shape index (κ2) is 6.09. The number of nitrogens with one attached hydrogen (secondary N) is 1. The lowest BCUT2D eigenvalue weighted by Gasteiger charge is -2.17. The van der Waals surface area contributed by atoms with E-state index in [1.165, 1.54) is 0 Å². The van der Waals surface area contributed by atoms with E-state index in [0.29, 0.717) is 18.5 Å². The lowest BCUT2D eigenvalue weighted by atomic mass is 10.2. The number of benzene rings is 2. The Labute approximate surface area is 145 Å². The van der Waals surface area contributed by atoms with E-state index in [1.54, 1.807) is 11.0 Å². The molecule has 25 heavy (non-hydrogen) atoms. The summed E-state index contributed by atoms with van der Waals surface area (Å²) < 4.78 is 5.58. The maximum absolute atomic E-state index is 12.4. The third kappa shape index (κ3) is 3.01. The third-order valence-electron chi connectivity index (χ3n) is 4.46. The molecule has 3 aromatic rings. The molecule has 2 aromatic carbocycles. The summed E-state index contributed by atoms with van der Waals surface area (Å²) in [7, 11) is 0. The molecule has 0 radical (unpaired) electrons. The number of amides is 2. The number of aryl methyl sites for hydroxylation is 1. The van der Waals surface area contributed by atoms with Gasteiger partial charge in [-0.05, 0) is 31.2 Å². The minimum atomic E-state index is -0.292. The predicted molar refractivity (Wildman–Crippen MR) is 95.6 cm³/mol. The number of carbonyl (C=O) groups is 2. The molecule has 1 saturated heterocycles. The van der Waals surface area contributed by atoms with Gasteiger partial charge in [0.2, 0.25) is 5.91 Å². The second-order valence-corrected chi connectivity index (χ2v) is 6.36. The Hall–Kier alpha value is -3.08. The topological polar surface area (TPSA) is 62.6 Å². The molecule has 1 aliphatic heterocycles. The summed E-state index contributed by atoms with van der Waals surface area (Å²) >= 11 is 0. The van der Waals surface area contributed by atoms with E-state index in [1.807, 2.05) is 55.5 Å². The Kier molecular flexibility index (Phi) is 3.76. The number of rotatable bonds is 3. The zero-order valence-corrected chi connectivity index (χ0v) is 13.9. The van der Waals surface area contributed by atoms with Crippen molar-refractivity contribution < 1.29 is 14.0 Å². The number of hydrogen-bond acceptors (Lipinski definition) is 3. The van der Waals surface area contributed by atoms with Gasteiger partial charge in [-0.15, -0.1) is 0 Å². The average Bonchev–Trinajstić information content (AvgIpc) is 3.19. The van der Waals surface area contributed by atoms with Crippen molar-refractivity contribution in [2.75, 3.05) is 11.4 Å². The zero-order valence-electron chi connectivity index (χ0n) is 13.9. The first-order valence-corrected chi connectivity index (χ1v) is 8.26. The van der Waals surface area contributed by atoms with Crippen LogP contribution in [0.5, 0.6) is 0 Å². The smallest absolute Gasteiger partial charge is 0.287 e. The lowest BCUT2D eigenvalue weighted by molar-refractivity contribution is -0.117. The molecule has 5 nitrogen and oxygen atoms in total. The van der Waals surface area contributed by atoms with E-state index in [4.69, 9.17) is 4.42 Å². The van der Waals surface area contributed by atoms with Crippen LogP contribution in [-0.4, -0.2) is 24.4 Å². The quantitative estimate of drug-likeness (QED) is 0.799. The number of furan rings is 1. The predicted octanol–water partition coefficient (Wildman–Crippen LogP) is 3.28. The fraction of sp³-hybridized carbons (Fsp3) is 0.200. The molecule has 4 rings (SSSR count). The van der Waals surface area contributed by atoms with Crippen LogP contribution in [0, 0.1) is 6.92 Å². The van der Waals surface area contributed by atoms with E-state index >= 15 is 0 Å². The van der Waals surface area contributed by atoms with E-state index in [-0.39, 0.29) is 23.6 Å². The molecule has 0 spiro atoms. The first kappa shape index (κ1) is 15.4. The van der Waals surface area contributed by atoms with Crippen LogP contribution in [0.3, 0.4) is 0 Å². The van der Waals surface area contributed by atoms with Crippen LogP contribution >= 0.6 is 0 Å². The SMILES string of the molecule is Cc1ccc(N2C[C@@H](NC(=O)c3cc4ccccc4o3)CC2=O)cc1. The molecule has 2 heterocycles. The Bertz CT molecular complexity index is 910. The van der Waals surface area contributed by atoms with Crippen molar-refractivity contribution in [2.45, 2.75) is 19.4 Å². The molecule has 5 heteroatoms. The van der Waals surface area contributed by atoms with Crippen molar-refractivity contribution in [3.05, 3.63) is 65.9 Å². The van der Waals surface area contributed by atoms with Gasteiger partial charge in [0, 0.05) is 24.0 Å². The maximum atomic E-state index is 12.4. The molecule has 1 atom stereocenters. The Balaban J connectivity index is 1.47. The number of carbonyl (C=O) groups excluding carboxylic acids is 2. The molecule has 2 amide bonds. The van der Waals surface area contributed by atoms with Gasteiger partial charge in [0.1, 0.15) is 5.58 Å². The molecule has 0 bridgehead atoms. The number of fused-ring (bicyclic) bond motifs is 1. The molecule has 1 aliphatic rings. The van der Waals surface area contributed by atoms with Crippen molar-refractivity contribution in [2.24, 2.45) is 0 Å². The first-order chi connectivity index (χ1) is 12.1. The highest BCUT2D eigenvalue weighted by Crippen LogP contribution is 2.23. The van der Waals surface area contributed by atoms with E-state index in [2.05, 4.69) is 5.32 Å². The lowest BCUT2D eigenvalue weighted by Crippen LogP contribution is -2.37. The standard InChI is InChI=1S/C20H18N2O3/c1-13-6-8-16(9-7-13)22-12-15(11-19(22)23)21-20(24)18-10-14-4-2-3-5-17(14)25-18/h2-10,15H,11-12H2,1H3,(H,21,24)/t15-/m0/s1. The highest BCUT2D eigenvalue weighted by molar-refractivity contribution is 5.99. The summed E-state index contributed by atoms with van der Waals surface area (Å²) in [6, 6.07) is 16.8. The van der Waals surface area contributed by atoms with Crippen LogP contribution < -0.4 is 10.2 Å². The van der Waals surface area contributed by atoms with Crippen LogP contribution in [0.4, 0.5) is 5.69 Å². The third-order valence-corrected chi connectivity index (χ3v) is 4.46. The number of nitrogens with zero attached hydrogens (tertiary/aromatic N) is 1. The maximum Gasteiger partial charge on any atom is 0.287 e. The highest BCUT2D eigenvalue weighted by Gasteiger charge is 2.32. The van der Waals surface area contributed by atoms with Crippen molar-refractivity contribution in [1.82, 2.24) is 5.32 Å². The van der Waals surface area contributed by atoms with E-state index in [0.717, 1.165) is 16.6 Å². The molecule has 126 valence electrons. The Morgan fingerprint density at radius 3 is 2.68 bits per heavy atom. The van der Waals surface area contributed by atoms with Crippen molar-refractivity contribution in [1.29, 1.82) is 0 Å². The van der Waals surface area contributed by atoms with Gasteiger partial charge in [-0.2, -0.15) is 0 Å². The molecule has 0 saturated carbocycles. The fourth-order valence-electron chi connectivity index (χ4n) is 3.13. The normalized spacial score (nSPS) is 17.2. The Morgan fingerprint density at radius 2 is 1.92 bits per heavy atom. The van der Waals surface area contributed by atoms with E-state index < -0.39 is 0 Å². The van der Waals surface area contributed by atoms with Gasteiger partial charge in [0.25, 0.3) is 5.91 Å². The highest BCUT2D eigenvalue weighted by atomic mass is 16.3. The van der Waals surface area contributed by atoms with Gasteiger partial charge in [-0.25, -0.2) is 0 Å². The summed E-state index contributed by atoms with van der Waals surface area (Å²) in [5, 5.41) is 3.79. The van der Waals surface area contributed by atoms with Crippen LogP contribution in [0.1, 0.15) is 22.5 Å². The van der Waals surface area contributed by atoms with Gasteiger partial charge in [-0.3, -0.25) is 9.59 Å². The minimum absolute atomic E-state index is 0.0127. The molecular weight excluding hydrogens is 316 g/mol. The number of anilines is 1. The fourth-order valence-corrected chi connectivity index (χ4v) is 3.13. The monoisotopic (exact) mass is 334 g/mol. The molecule has 1 fully saturated rings. The molecule has 0 unspecified atom stereocenters. The molecule has 0 aliphatic carbocycles. The van der Waals surface area contributed by atoms with Crippen molar-refractivity contribution in [3.63, 3.8) is 0 Å². The summed E-state index contributed by atoms with van der Waals surface area (Å²) in [6.07, 6.45) is 0.292. The summed E-state index contributed by atoms with van der Waals surface area (Å²) in [5.41, 5.74) is 2.68.